The highest BCUT2D eigenvalue weighted by Gasteiger charge is 2.46. The molecular formula is C15H29NO2. The Labute approximate surface area is 112 Å². The monoisotopic (exact) mass is 255 g/mol. The molecule has 2 atom stereocenters. The topological polar surface area (TPSA) is 30.5 Å². The van der Waals surface area contributed by atoms with Gasteiger partial charge in [-0.15, -0.1) is 0 Å². The Kier molecular flexibility index (Phi) is 4.35. The highest BCUT2D eigenvalue weighted by atomic mass is 16.6. The Morgan fingerprint density at radius 3 is 2.61 bits per heavy atom. The molecule has 0 bridgehead atoms. The summed E-state index contributed by atoms with van der Waals surface area (Å²) in [6.07, 6.45) is 5.09. The first kappa shape index (κ1) is 14.3. The average molecular weight is 255 g/mol. The van der Waals surface area contributed by atoms with E-state index in [9.17, 15) is 0 Å². The van der Waals surface area contributed by atoms with Crippen molar-refractivity contribution < 1.29 is 9.47 Å². The van der Waals surface area contributed by atoms with Crippen LogP contribution in [-0.4, -0.2) is 37.0 Å². The first-order valence-electron chi connectivity index (χ1n) is 7.41. The number of rotatable bonds is 4. The molecule has 106 valence electrons. The second kappa shape index (κ2) is 5.48. The van der Waals surface area contributed by atoms with E-state index < -0.39 is 0 Å². The van der Waals surface area contributed by atoms with Gasteiger partial charge in [-0.25, -0.2) is 0 Å². The van der Waals surface area contributed by atoms with E-state index in [1.54, 1.807) is 0 Å². The van der Waals surface area contributed by atoms with Gasteiger partial charge in [-0.3, -0.25) is 0 Å². The third kappa shape index (κ3) is 3.69. The Morgan fingerprint density at radius 2 is 2.06 bits per heavy atom. The van der Waals surface area contributed by atoms with Gasteiger partial charge in [-0.2, -0.15) is 0 Å². The summed E-state index contributed by atoms with van der Waals surface area (Å²) in [4.78, 5) is 0. The Balaban J connectivity index is 1.73. The highest BCUT2D eigenvalue weighted by Crippen LogP contribution is 2.39. The van der Waals surface area contributed by atoms with Crippen LogP contribution in [0.15, 0.2) is 0 Å². The summed E-state index contributed by atoms with van der Waals surface area (Å²) in [6, 6.07) is 0. The fourth-order valence-electron chi connectivity index (χ4n) is 3.32. The molecule has 0 amide bonds. The summed E-state index contributed by atoms with van der Waals surface area (Å²) in [6.45, 7) is 11.8. The quantitative estimate of drug-likeness (QED) is 0.838. The van der Waals surface area contributed by atoms with E-state index in [-0.39, 0.29) is 17.3 Å². The summed E-state index contributed by atoms with van der Waals surface area (Å²) in [5.74, 6) is 0.803. The summed E-state index contributed by atoms with van der Waals surface area (Å²) >= 11 is 0. The van der Waals surface area contributed by atoms with Crippen LogP contribution in [0.3, 0.4) is 0 Å². The van der Waals surface area contributed by atoms with Crippen LogP contribution in [-0.2, 0) is 9.47 Å². The van der Waals surface area contributed by atoms with Crippen LogP contribution >= 0.6 is 0 Å². The van der Waals surface area contributed by atoms with Gasteiger partial charge < -0.3 is 14.8 Å². The van der Waals surface area contributed by atoms with E-state index in [4.69, 9.17) is 9.47 Å². The van der Waals surface area contributed by atoms with Gasteiger partial charge in [-0.05, 0) is 66.0 Å². The molecule has 18 heavy (non-hydrogen) atoms. The van der Waals surface area contributed by atoms with Gasteiger partial charge in [-0.1, -0.05) is 0 Å². The number of piperidine rings is 1. The van der Waals surface area contributed by atoms with Crippen LogP contribution in [0.1, 0.15) is 53.4 Å². The van der Waals surface area contributed by atoms with E-state index in [1.807, 2.05) is 0 Å². The van der Waals surface area contributed by atoms with Gasteiger partial charge in [0.05, 0.1) is 17.3 Å². The predicted molar refractivity (Wildman–Crippen MR) is 73.8 cm³/mol. The van der Waals surface area contributed by atoms with Crippen molar-refractivity contribution in [2.75, 3.05) is 19.7 Å². The lowest BCUT2D eigenvalue weighted by Crippen LogP contribution is -2.36. The summed E-state index contributed by atoms with van der Waals surface area (Å²) in [7, 11) is 0. The van der Waals surface area contributed by atoms with Gasteiger partial charge >= 0.3 is 0 Å². The first-order valence-corrected chi connectivity index (χ1v) is 7.41. The molecule has 1 N–H and O–H groups in total. The van der Waals surface area contributed by atoms with Crippen molar-refractivity contribution in [2.24, 2.45) is 5.92 Å². The van der Waals surface area contributed by atoms with Crippen LogP contribution < -0.4 is 5.32 Å². The Morgan fingerprint density at radius 1 is 1.28 bits per heavy atom. The maximum atomic E-state index is 6.10. The van der Waals surface area contributed by atoms with Gasteiger partial charge in [0.25, 0.3) is 0 Å². The van der Waals surface area contributed by atoms with E-state index >= 15 is 0 Å². The molecule has 2 unspecified atom stereocenters. The minimum absolute atomic E-state index is 0.0411. The summed E-state index contributed by atoms with van der Waals surface area (Å²) in [5, 5.41) is 3.46. The lowest BCUT2D eigenvalue weighted by Gasteiger charge is -2.28. The van der Waals surface area contributed by atoms with Crippen LogP contribution in [0.5, 0.6) is 0 Å². The molecule has 3 heteroatoms. The fourth-order valence-corrected chi connectivity index (χ4v) is 3.32. The molecule has 0 aliphatic carbocycles. The molecule has 2 rings (SSSR count). The first-order chi connectivity index (χ1) is 8.39. The molecule has 0 spiro atoms. The number of nitrogens with one attached hydrogen (secondary N) is 1. The van der Waals surface area contributed by atoms with Crippen molar-refractivity contribution in [2.45, 2.75) is 70.7 Å². The van der Waals surface area contributed by atoms with Crippen molar-refractivity contribution in [3.8, 4) is 0 Å². The maximum absolute atomic E-state index is 6.10. The van der Waals surface area contributed by atoms with Gasteiger partial charge in [0.2, 0.25) is 0 Å². The van der Waals surface area contributed by atoms with Crippen molar-refractivity contribution >= 4 is 0 Å². The molecule has 2 heterocycles. The standard InChI is InChI=1S/C15H29NO2/c1-14(2)10-13(15(3,4)18-14)17-9-7-12-6-5-8-16-11-12/h12-13,16H,5-11H2,1-4H3. The van der Waals surface area contributed by atoms with E-state index in [0.29, 0.717) is 0 Å². The van der Waals surface area contributed by atoms with Crippen LogP contribution in [0.4, 0.5) is 0 Å². The van der Waals surface area contributed by atoms with Gasteiger partial charge in [0.15, 0.2) is 0 Å². The molecule has 2 saturated heterocycles. The average Bonchev–Trinajstić information content (AvgIpc) is 2.48. The molecule has 0 radical (unpaired) electrons. The second-order valence-corrected chi connectivity index (χ2v) is 7.03. The SMILES string of the molecule is CC1(C)CC(OCCC2CCCNC2)C(C)(C)O1. The third-order valence-electron chi connectivity index (χ3n) is 4.24. The van der Waals surface area contributed by atoms with Crippen LogP contribution in [0, 0.1) is 5.92 Å². The number of hydrogen-bond acceptors (Lipinski definition) is 3. The largest absolute Gasteiger partial charge is 0.375 e. The zero-order chi connectivity index (χ0) is 13.2. The van der Waals surface area contributed by atoms with E-state index in [2.05, 4.69) is 33.0 Å². The lowest BCUT2D eigenvalue weighted by atomic mass is 9.95. The predicted octanol–water partition coefficient (Wildman–Crippen LogP) is 2.74. The molecule has 2 aliphatic rings. The van der Waals surface area contributed by atoms with Crippen LogP contribution in [0.25, 0.3) is 0 Å². The van der Waals surface area contributed by atoms with Crippen LogP contribution in [0.2, 0.25) is 0 Å². The number of hydrogen-bond donors (Lipinski definition) is 1. The molecule has 2 aliphatic heterocycles. The molecular weight excluding hydrogens is 226 g/mol. The van der Waals surface area contributed by atoms with Crippen molar-refractivity contribution in [3.63, 3.8) is 0 Å². The molecule has 0 aromatic rings. The van der Waals surface area contributed by atoms with Gasteiger partial charge in [0, 0.05) is 13.0 Å². The lowest BCUT2D eigenvalue weighted by molar-refractivity contribution is -0.104. The molecule has 0 aromatic heterocycles. The van der Waals surface area contributed by atoms with Crippen molar-refractivity contribution in [3.05, 3.63) is 0 Å². The minimum Gasteiger partial charge on any atom is -0.375 e. The third-order valence-corrected chi connectivity index (χ3v) is 4.24. The Hall–Kier alpha value is -0.120. The fraction of sp³-hybridized carbons (Fsp3) is 1.00. The Bertz CT molecular complexity index is 270. The molecule has 0 aromatic carbocycles. The minimum atomic E-state index is -0.145. The van der Waals surface area contributed by atoms with Crippen molar-refractivity contribution in [1.29, 1.82) is 0 Å². The molecule has 3 nitrogen and oxygen atoms in total. The summed E-state index contributed by atoms with van der Waals surface area (Å²) in [5.41, 5.74) is -0.186. The smallest absolute Gasteiger partial charge is 0.0895 e. The maximum Gasteiger partial charge on any atom is 0.0895 e. The van der Waals surface area contributed by atoms with Crippen molar-refractivity contribution in [1.82, 2.24) is 5.32 Å². The van der Waals surface area contributed by atoms with E-state index in [1.165, 1.54) is 32.4 Å². The highest BCUT2D eigenvalue weighted by molar-refractivity contribution is 4.95. The second-order valence-electron chi connectivity index (χ2n) is 7.03. The zero-order valence-corrected chi connectivity index (χ0v) is 12.4. The molecule has 0 saturated carbocycles. The number of ether oxygens (including phenoxy) is 2. The zero-order valence-electron chi connectivity index (χ0n) is 12.4. The normalized spacial score (nSPS) is 34.7. The van der Waals surface area contributed by atoms with E-state index in [0.717, 1.165) is 18.9 Å². The van der Waals surface area contributed by atoms with Gasteiger partial charge in [0.1, 0.15) is 0 Å². The molecule has 2 fully saturated rings. The summed E-state index contributed by atoms with van der Waals surface area (Å²) < 4.78 is 12.2.